The predicted octanol–water partition coefficient (Wildman–Crippen LogP) is 3.64. The number of nitrogens with one attached hydrogen (secondary N) is 1. The zero-order chi connectivity index (χ0) is 25.7. The van der Waals surface area contributed by atoms with Gasteiger partial charge in [0.25, 0.3) is 5.91 Å². The summed E-state index contributed by atoms with van der Waals surface area (Å²) >= 11 is 1.60. The molecular weight excluding hydrogens is 474 g/mol. The SMILES string of the molecule is CC(=O)N1CCN(c2cc(C(C)(C)C)nc(SCc3ccc(C(=O)NCC4CCCO4)cc3)n2)CC1. The highest BCUT2D eigenvalue weighted by Crippen LogP contribution is 2.29. The molecule has 194 valence electrons. The number of thioether (sulfide) groups is 1. The van der Waals surface area contributed by atoms with Gasteiger partial charge in [-0.2, -0.15) is 0 Å². The van der Waals surface area contributed by atoms with Gasteiger partial charge in [-0.1, -0.05) is 44.7 Å². The first-order chi connectivity index (χ1) is 17.2. The van der Waals surface area contributed by atoms with E-state index in [2.05, 4.69) is 37.1 Å². The average molecular weight is 512 g/mol. The van der Waals surface area contributed by atoms with Crippen LogP contribution in [0.1, 0.15) is 62.2 Å². The zero-order valence-electron chi connectivity index (χ0n) is 21.7. The third-order valence-electron chi connectivity index (χ3n) is 6.61. The van der Waals surface area contributed by atoms with E-state index in [1.807, 2.05) is 29.2 Å². The van der Waals surface area contributed by atoms with Crippen LogP contribution in [-0.4, -0.2) is 72.1 Å². The smallest absolute Gasteiger partial charge is 0.251 e. The molecule has 4 rings (SSSR count). The molecule has 1 aromatic heterocycles. The standard InChI is InChI=1S/C27H37N5O3S/c1-19(33)31-11-13-32(14-12-31)24-16-23(27(2,3)4)29-26(30-24)36-18-20-7-9-21(10-8-20)25(34)28-17-22-6-5-15-35-22/h7-10,16,22H,5-6,11-15,17-18H2,1-4H3,(H,28,34). The molecule has 1 N–H and O–H groups in total. The second-order valence-corrected chi connectivity index (χ2v) is 11.4. The maximum Gasteiger partial charge on any atom is 0.251 e. The van der Waals surface area contributed by atoms with Gasteiger partial charge in [-0.25, -0.2) is 9.97 Å². The van der Waals surface area contributed by atoms with Crippen LogP contribution in [0, 0.1) is 0 Å². The fourth-order valence-corrected chi connectivity index (χ4v) is 5.10. The van der Waals surface area contributed by atoms with Crippen LogP contribution < -0.4 is 10.2 Å². The quantitative estimate of drug-likeness (QED) is 0.449. The second kappa shape index (κ2) is 11.6. The van der Waals surface area contributed by atoms with Crippen molar-refractivity contribution < 1.29 is 14.3 Å². The Kier molecular flexibility index (Phi) is 8.51. The van der Waals surface area contributed by atoms with Gasteiger partial charge in [0, 0.05) is 69.1 Å². The Morgan fingerprint density at radius 3 is 2.44 bits per heavy atom. The number of nitrogens with zero attached hydrogens (tertiary/aromatic N) is 4. The van der Waals surface area contributed by atoms with E-state index >= 15 is 0 Å². The van der Waals surface area contributed by atoms with Crippen molar-refractivity contribution in [2.75, 3.05) is 44.2 Å². The highest BCUT2D eigenvalue weighted by atomic mass is 32.2. The van der Waals surface area contributed by atoms with Crippen LogP contribution in [-0.2, 0) is 20.7 Å². The molecule has 2 aromatic rings. The topological polar surface area (TPSA) is 87.7 Å². The van der Waals surface area contributed by atoms with Crippen LogP contribution in [0.15, 0.2) is 35.5 Å². The summed E-state index contributed by atoms with van der Waals surface area (Å²) in [5, 5.41) is 3.71. The number of piperazine rings is 1. The third kappa shape index (κ3) is 6.97. The molecule has 2 aliphatic rings. The number of carbonyl (C=O) groups is 2. The molecule has 36 heavy (non-hydrogen) atoms. The lowest BCUT2D eigenvalue weighted by Gasteiger charge is -2.35. The van der Waals surface area contributed by atoms with E-state index in [1.54, 1.807) is 18.7 Å². The van der Waals surface area contributed by atoms with Crippen LogP contribution in [0.5, 0.6) is 0 Å². The lowest BCUT2D eigenvalue weighted by molar-refractivity contribution is -0.129. The number of amides is 2. The number of carbonyl (C=O) groups excluding carboxylic acids is 2. The lowest BCUT2D eigenvalue weighted by atomic mass is 9.92. The summed E-state index contributed by atoms with van der Waals surface area (Å²) in [6.07, 6.45) is 2.20. The first kappa shape index (κ1) is 26.4. The Balaban J connectivity index is 1.39. The van der Waals surface area contributed by atoms with Crippen molar-refractivity contribution in [3.05, 3.63) is 47.2 Å². The molecular formula is C27H37N5O3S. The predicted molar refractivity (Wildman–Crippen MR) is 143 cm³/mol. The van der Waals surface area contributed by atoms with Crippen molar-refractivity contribution in [2.24, 2.45) is 0 Å². The van der Waals surface area contributed by atoms with Gasteiger partial charge in [0.1, 0.15) is 5.82 Å². The summed E-state index contributed by atoms with van der Waals surface area (Å²) in [7, 11) is 0. The van der Waals surface area contributed by atoms with E-state index in [9.17, 15) is 9.59 Å². The molecule has 2 fully saturated rings. The van der Waals surface area contributed by atoms with Crippen LogP contribution in [0.2, 0.25) is 0 Å². The number of hydrogen-bond donors (Lipinski definition) is 1. The number of ether oxygens (including phenoxy) is 1. The molecule has 0 spiro atoms. The molecule has 2 aliphatic heterocycles. The Bertz CT molecular complexity index is 1060. The van der Waals surface area contributed by atoms with Crippen LogP contribution in [0.4, 0.5) is 5.82 Å². The van der Waals surface area contributed by atoms with E-state index < -0.39 is 0 Å². The molecule has 2 amide bonds. The number of benzene rings is 1. The van der Waals surface area contributed by atoms with Gasteiger partial charge in [-0.05, 0) is 30.5 Å². The highest BCUT2D eigenvalue weighted by molar-refractivity contribution is 7.98. The number of hydrogen-bond acceptors (Lipinski definition) is 7. The van der Waals surface area contributed by atoms with E-state index in [1.165, 1.54) is 0 Å². The molecule has 8 nitrogen and oxygen atoms in total. The summed E-state index contributed by atoms with van der Waals surface area (Å²) in [5.41, 5.74) is 2.66. The minimum Gasteiger partial charge on any atom is -0.376 e. The molecule has 3 heterocycles. The summed E-state index contributed by atoms with van der Waals surface area (Å²) < 4.78 is 5.57. The van der Waals surface area contributed by atoms with Crippen LogP contribution in [0.3, 0.4) is 0 Å². The molecule has 9 heteroatoms. The van der Waals surface area contributed by atoms with Crippen molar-refractivity contribution in [3.8, 4) is 0 Å². The maximum absolute atomic E-state index is 12.5. The van der Waals surface area contributed by atoms with Crippen molar-refractivity contribution >= 4 is 29.4 Å². The van der Waals surface area contributed by atoms with Crippen LogP contribution in [0.25, 0.3) is 0 Å². The van der Waals surface area contributed by atoms with Gasteiger partial charge < -0.3 is 19.9 Å². The highest BCUT2D eigenvalue weighted by Gasteiger charge is 2.24. The first-order valence-corrected chi connectivity index (χ1v) is 13.7. The van der Waals surface area contributed by atoms with E-state index in [0.29, 0.717) is 31.0 Å². The van der Waals surface area contributed by atoms with E-state index in [-0.39, 0.29) is 23.3 Å². The minimum absolute atomic E-state index is 0.0690. The number of aromatic nitrogens is 2. The van der Waals surface area contributed by atoms with Crippen molar-refractivity contribution in [2.45, 2.75) is 63.0 Å². The van der Waals surface area contributed by atoms with Crippen molar-refractivity contribution in [1.29, 1.82) is 0 Å². The zero-order valence-corrected chi connectivity index (χ0v) is 22.6. The molecule has 0 aliphatic carbocycles. The Hall–Kier alpha value is -2.65. The van der Waals surface area contributed by atoms with E-state index in [4.69, 9.17) is 14.7 Å². The van der Waals surface area contributed by atoms with Crippen molar-refractivity contribution in [3.63, 3.8) is 0 Å². The maximum atomic E-state index is 12.5. The average Bonchev–Trinajstić information content (AvgIpc) is 3.39. The fourth-order valence-electron chi connectivity index (χ4n) is 4.29. The monoisotopic (exact) mass is 511 g/mol. The van der Waals surface area contributed by atoms with Gasteiger partial charge in [0.2, 0.25) is 5.91 Å². The molecule has 0 radical (unpaired) electrons. The largest absolute Gasteiger partial charge is 0.376 e. The molecule has 0 bridgehead atoms. The Morgan fingerprint density at radius 1 is 1.11 bits per heavy atom. The fraction of sp³-hybridized carbons (Fsp3) is 0.556. The molecule has 1 unspecified atom stereocenters. The lowest BCUT2D eigenvalue weighted by Crippen LogP contribution is -2.48. The third-order valence-corrected chi connectivity index (χ3v) is 7.53. The molecule has 0 saturated carbocycles. The normalized spacial score (nSPS) is 18.4. The Labute approximate surface area is 218 Å². The second-order valence-electron chi connectivity index (χ2n) is 10.5. The van der Waals surface area contributed by atoms with Gasteiger partial charge in [-0.15, -0.1) is 0 Å². The summed E-state index contributed by atoms with van der Waals surface area (Å²) in [5.74, 6) is 1.68. The number of rotatable bonds is 7. The van der Waals surface area contributed by atoms with Crippen molar-refractivity contribution in [1.82, 2.24) is 20.2 Å². The molecule has 1 aromatic carbocycles. The number of anilines is 1. The minimum atomic E-state index is -0.104. The van der Waals surface area contributed by atoms with Gasteiger partial charge in [-0.3, -0.25) is 9.59 Å². The summed E-state index contributed by atoms with van der Waals surface area (Å²) in [4.78, 5) is 38.0. The Morgan fingerprint density at radius 2 is 1.83 bits per heavy atom. The van der Waals surface area contributed by atoms with Gasteiger partial charge >= 0.3 is 0 Å². The molecule has 1 atom stereocenters. The van der Waals surface area contributed by atoms with Gasteiger partial charge in [0.05, 0.1) is 11.8 Å². The van der Waals surface area contributed by atoms with E-state index in [0.717, 1.165) is 54.8 Å². The van der Waals surface area contributed by atoms with Gasteiger partial charge in [0.15, 0.2) is 5.16 Å². The summed E-state index contributed by atoms with van der Waals surface area (Å²) in [6.45, 7) is 12.4. The molecule has 2 saturated heterocycles. The first-order valence-electron chi connectivity index (χ1n) is 12.7. The summed E-state index contributed by atoms with van der Waals surface area (Å²) in [6, 6.07) is 9.80. The van der Waals surface area contributed by atoms with Crippen LogP contribution >= 0.6 is 11.8 Å².